The van der Waals surface area contributed by atoms with Crippen molar-refractivity contribution in [3.63, 3.8) is 0 Å². The van der Waals surface area contributed by atoms with Crippen molar-refractivity contribution in [1.82, 2.24) is 0 Å². The van der Waals surface area contributed by atoms with Gasteiger partial charge >= 0.3 is 0 Å². The molecule has 142 valence electrons. The van der Waals surface area contributed by atoms with Crippen LogP contribution in [0.5, 0.6) is 5.75 Å². The Balaban J connectivity index is 1.53. The first-order chi connectivity index (χ1) is 13.7. The number of para-hydroxylation sites is 2. The molecule has 1 aliphatic heterocycles. The first-order valence-corrected chi connectivity index (χ1v) is 9.48. The van der Waals surface area contributed by atoms with Crippen LogP contribution in [0, 0.1) is 5.92 Å². The van der Waals surface area contributed by atoms with E-state index in [4.69, 9.17) is 4.74 Å². The predicted molar refractivity (Wildman–Crippen MR) is 111 cm³/mol. The number of hydrogen-bond donors (Lipinski definition) is 1. The van der Waals surface area contributed by atoms with E-state index < -0.39 is 5.92 Å². The number of amides is 2. The zero-order valence-electron chi connectivity index (χ0n) is 15.7. The van der Waals surface area contributed by atoms with Crippen LogP contribution in [-0.2, 0) is 9.59 Å². The highest BCUT2D eigenvalue weighted by atomic mass is 16.5. The maximum atomic E-state index is 12.9. The van der Waals surface area contributed by atoms with E-state index in [9.17, 15) is 9.59 Å². The average Bonchev–Trinajstić information content (AvgIpc) is 3.11. The van der Waals surface area contributed by atoms with Gasteiger partial charge in [-0.25, -0.2) is 0 Å². The zero-order chi connectivity index (χ0) is 19.5. The highest BCUT2D eigenvalue weighted by molar-refractivity contribution is 6.07. The first kappa shape index (κ1) is 18.0. The minimum Gasteiger partial charge on any atom is -0.492 e. The molecule has 1 aliphatic rings. The Morgan fingerprint density at radius 1 is 1.07 bits per heavy atom. The molecule has 0 saturated carbocycles. The number of nitrogens with one attached hydrogen (secondary N) is 1. The summed E-state index contributed by atoms with van der Waals surface area (Å²) in [5.41, 5.74) is 1.48. The Bertz CT molecular complexity index is 1030. The lowest BCUT2D eigenvalue weighted by Gasteiger charge is -2.20. The maximum Gasteiger partial charge on any atom is 0.229 e. The highest BCUT2D eigenvalue weighted by Gasteiger charge is 2.36. The summed E-state index contributed by atoms with van der Waals surface area (Å²) in [6.45, 7) is 2.77. The molecule has 1 N–H and O–H groups in total. The molecule has 0 bridgehead atoms. The number of carbonyl (C=O) groups excluding carboxylic acids is 2. The predicted octanol–water partition coefficient (Wildman–Crippen LogP) is 4.23. The second-order valence-electron chi connectivity index (χ2n) is 6.82. The molecule has 5 nitrogen and oxygen atoms in total. The molecule has 28 heavy (non-hydrogen) atoms. The molecular weight excluding hydrogens is 352 g/mol. The van der Waals surface area contributed by atoms with Gasteiger partial charge < -0.3 is 15.0 Å². The van der Waals surface area contributed by atoms with Gasteiger partial charge in [-0.1, -0.05) is 48.5 Å². The summed E-state index contributed by atoms with van der Waals surface area (Å²) in [6.07, 6.45) is 0.192. The number of carbonyl (C=O) groups is 2. The number of benzene rings is 3. The summed E-state index contributed by atoms with van der Waals surface area (Å²) in [5.74, 6) is 0.0564. The van der Waals surface area contributed by atoms with Crippen LogP contribution in [-0.4, -0.2) is 25.0 Å². The molecule has 2 amide bonds. The van der Waals surface area contributed by atoms with Gasteiger partial charge in [-0.3, -0.25) is 9.59 Å². The molecular formula is C23H22N2O3. The average molecular weight is 374 g/mol. The van der Waals surface area contributed by atoms with Gasteiger partial charge in [0.05, 0.1) is 18.2 Å². The van der Waals surface area contributed by atoms with Gasteiger partial charge in [0, 0.05) is 24.0 Å². The summed E-state index contributed by atoms with van der Waals surface area (Å²) in [6, 6.07) is 21.2. The number of nitrogens with zero attached hydrogens (tertiary/aromatic N) is 1. The number of anilines is 2. The van der Waals surface area contributed by atoms with E-state index >= 15 is 0 Å². The van der Waals surface area contributed by atoms with Crippen LogP contribution in [0.2, 0.25) is 0 Å². The Labute approximate surface area is 163 Å². The van der Waals surface area contributed by atoms with Gasteiger partial charge in [-0.05, 0) is 30.5 Å². The van der Waals surface area contributed by atoms with Crippen molar-refractivity contribution in [3.8, 4) is 5.75 Å². The van der Waals surface area contributed by atoms with E-state index in [0.717, 1.165) is 22.1 Å². The van der Waals surface area contributed by atoms with Crippen LogP contribution in [0.1, 0.15) is 13.3 Å². The second-order valence-corrected chi connectivity index (χ2v) is 6.82. The molecule has 3 aromatic carbocycles. The Hall–Kier alpha value is -3.34. The number of ether oxygens (including phenoxy) is 1. The van der Waals surface area contributed by atoms with E-state index in [1.807, 2.05) is 73.7 Å². The van der Waals surface area contributed by atoms with E-state index in [0.29, 0.717) is 18.9 Å². The number of hydrogen-bond acceptors (Lipinski definition) is 3. The number of fused-ring (bicyclic) bond motifs is 1. The summed E-state index contributed by atoms with van der Waals surface area (Å²) in [7, 11) is 0. The summed E-state index contributed by atoms with van der Waals surface area (Å²) in [4.78, 5) is 27.1. The minimum absolute atomic E-state index is 0.0646. The summed E-state index contributed by atoms with van der Waals surface area (Å²) < 4.78 is 5.64. The van der Waals surface area contributed by atoms with Crippen LogP contribution in [0.15, 0.2) is 66.7 Å². The van der Waals surface area contributed by atoms with Gasteiger partial charge in [0.1, 0.15) is 5.75 Å². The van der Waals surface area contributed by atoms with Gasteiger partial charge in [0.15, 0.2) is 0 Å². The van der Waals surface area contributed by atoms with Crippen molar-refractivity contribution >= 4 is 34.0 Å². The quantitative estimate of drug-likeness (QED) is 0.727. The van der Waals surface area contributed by atoms with Crippen molar-refractivity contribution in [2.75, 3.05) is 23.4 Å². The standard InChI is InChI=1S/C23H22N2O3/c1-2-28-21-13-6-5-12-20(21)25-15-17(14-22(25)26)23(27)24-19-11-7-9-16-8-3-4-10-18(16)19/h3-13,17H,2,14-15H2,1H3,(H,24,27)/t17-/m1/s1. The maximum absolute atomic E-state index is 12.9. The molecule has 3 aromatic rings. The van der Waals surface area contributed by atoms with Gasteiger partial charge in [-0.15, -0.1) is 0 Å². The fourth-order valence-corrected chi connectivity index (χ4v) is 3.64. The Kier molecular flexibility index (Phi) is 4.98. The third-order valence-corrected chi connectivity index (χ3v) is 5.00. The summed E-state index contributed by atoms with van der Waals surface area (Å²) >= 11 is 0. The van der Waals surface area contributed by atoms with E-state index in [1.54, 1.807) is 4.90 Å². The molecule has 4 rings (SSSR count). The minimum atomic E-state index is -0.402. The molecule has 1 heterocycles. The highest BCUT2D eigenvalue weighted by Crippen LogP contribution is 2.33. The van der Waals surface area contributed by atoms with Crippen LogP contribution in [0.4, 0.5) is 11.4 Å². The topological polar surface area (TPSA) is 58.6 Å². The molecule has 1 atom stereocenters. The van der Waals surface area contributed by atoms with Gasteiger partial charge in [0.2, 0.25) is 11.8 Å². The summed E-state index contributed by atoms with van der Waals surface area (Å²) in [5, 5.41) is 5.06. The lowest BCUT2D eigenvalue weighted by molar-refractivity contribution is -0.122. The van der Waals surface area contributed by atoms with Gasteiger partial charge in [-0.2, -0.15) is 0 Å². The molecule has 0 spiro atoms. The Morgan fingerprint density at radius 2 is 1.82 bits per heavy atom. The van der Waals surface area contributed by atoms with Crippen LogP contribution in [0.25, 0.3) is 10.8 Å². The van der Waals surface area contributed by atoms with Crippen LogP contribution in [0.3, 0.4) is 0 Å². The monoisotopic (exact) mass is 374 g/mol. The van der Waals surface area contributed by atoms with E-state index in [2.05, 4.69) is 5.32 Å². The lowest BCUT2D eigenvalue weighted by atomic mass is 10.1. The van der Waals surface area contributed by atoms with Gasteiger partial charge in [0.25, 0.3) is 0 Å². The third kappa shape index (κ3) is 3.43. The van der Waals surface area contributed by atoms with E-state index in [1.165, 1.54) is 0 Å². The largest absolute Gasteiger partial charge is 0.492 e. The van der Waals surface area contributed by atoms with Crippen molar-refractivity contribution in [2.45, 2.75) is 13.3 Å². The number of rotatable bonds is 5. The fraction of sp³-hybridized carbons (Fsp3) is 0.217. The zero-order valence-corrected chi connectivity index (χ0v) is 15.7. The molecule has 5 heteroatoms. The van der Waals surface area contributed by atoms with Crippen LogP contribution < -0.4 is 15.0 Å². The Morgan fingerprint density at radius 3 is 2.68 bits per heavy atom. The normalized spacial score (nSPS) is 16.4. The molecule has 0 aliphatic carbocycles. The van der Waals surface area contributed by atoms with Crippen molar-refractivity contribution in [1.29, 1.82) is 0 Å². The molecule has 1 saturated heterocycles. The van der Waals surface area contributed by atoms with E-state index in [-0.39, 0.29) is 18.2 Å². The molecule has 0 radical (unpaired) electrons. The first-order valence-electron chi connectivity index (χ1n) is 9.48. The van der Waals surface area contributed by atoms with Crippen molar-refractivity contribution in [3.05, 3.63) is 66.7 Å². The second kappa shape index (κ2) is 7.72. The lowest BCUT2D eigenvalue weighted by Crippen LogP contribution is -2.28. The molecule has 1 fully saturated rings. The SMILES string of the molecule is CCOc1ccccc1N1C[C@H](C(=O)Nc2cccc3ccccc23)CC1=O. The van der Waals surface area contributed by atoms with Crippen LogP contribution >= 0.6 is 0 Å². The molecule has 0 unspecified atom stereocenters. The fourth-order valence-electron chi connectivity index (χ4n) is 3.64. The smallest absolute Gasteiger partial charge is 0.229 e. The third-order valence-electron chi connectivity index (χ3n) is 5.00. The molecule has 0 aromatic heterocycles. The van der Waals surface area contributed by atoms with Crippen molar-refractivity contribution < 1.29 is 14.3 Å². The van der Waals surface area contributed by atoms with Crippen molar-refractivity contribution in [2.24, 2.45) is 5.92 Å².